The van der Waals surface area contributed by atoms with E-state index < -0.39 is 0 Å². The van der Waals surface area contributed by atoms with Crippen LogP contribution < -0.4 is 10.3 Å². The normalized spacial score (nSPS) is 20.8. The van der Waals surface area contributed by atoms with E-state index >= 15 is 0 Å². The minimum Gasteiger partial charge on any atom is -0.489 e. The van der Waals surface area contributed by atoms with Crippen LogP contribution in [0.1, 0.15) is 5.56 Å². The molecule has 25 heavy (non-hydrogen) atoms. The van der Waals surface area contributed by atoms with Gasteiger partial charge >= 0.3 is 6.09 Å². The van der Waals surface area contributed by atoms with Gasteiger partial charge in [0.05, 0.1) is 0 Å². The summed E-state index contributed by atoms with van der Waals surface area (Å²) in [6.07, 6.45) is -0.0194. The smallest absolute Gasteiger partial charge is 0.410 e. The molecule has 0 bridgehead atoms. The zero-order chi connectivity index (χ0) is 17.4. The first kappa shape index (κ1) is 16.0. The van der Waals surface area contributed by atoms with Crippen molar-refractivity contribution in [2.24, 2.45) is 0 Å². The van der Waals surface area contributed by atoms with E-state index in [9.17, 15) is 9.59 Å². The largest absolute Gasteiger partial charge is 0.489 e. The van der Waals surface area contributed by atoms with Crippen molar-refractivity contribution in [1.82, 2.24) is 14.8 Å². The van der Waals surface area contributed by atoms with Crippen molar-refractivity contribution in [3.63, 3.8) is 0 Å². The minimum atomic E-state index is -0.322. The number of hydrogen-bond donors (Lipinski definition) is 1. The maximum absolute atomic E-state index is 12.4. The first-order valence-electron chi connectivity index (χ1n) is 8.52. The second kappa shape index (κ2) is 6.40. The molecule has 7 nitrogen and oxygen atoms in total. The van der Waals surface area contributed by atoms with E-state index in [1.165, 1.54) is 6.07 Å². The lowest BCUT2D eigenvalue weighted by Crippen LogP contribution is -2.48. The van der Waals surface area contributed by atoms with Gasteiger partial charge < -0.3 is 24.3 Å². The number of rotatable bonds is 1. The summed E-state index contributed by atoms with van der Waals surface area (Å²) in [5, 5.41) is 0.928. The van der Waals surface area contributed by atoms with Gasteiger partial charge in [0.1, 0.15) is 18.5 Å². The van der Waals surface area contributed by atoms with Crippen LogP contribution >= 0.6 is 0 Å². The third-order valence-electron chi connectivity index (χ3n) is 4.86. The number of carbonyl (C=O) groups is 1. The van der Waals surface area contributed by atoms with Crippen molar-refractivity contribution in [1.29, 1.82) is 0 Å². The van der Waals surface area contributed by atoms with Crippen LogP contribution in [-0.4, -0.2) is 66.8 Å². The SMILES string of the molecule is CN1CCN(C(=O)OC2COc3ccc4[nH]c(=O)ccc4c3C2)CC1. The molecule has 2 aliphatic heterocycles. The number of benzene rings is 1. The molecule has 0 spiro atoms. The number of nitrogens with zero attached hydrogens (tertiary/aromatic N) is 2. The lowest BCUT2D eigenvalue weighted by atomic mass is 9.99. The second-order valence-electron chi connectivity index (χ2n) is 6.64. The molecule has 7 heteroatoms. The topological polar surface area (TPSA) is 74.9 Å². The number of fused-ring (bicyclic) bond motifs is 3. The fourth-order valence-electron chi connectivity index (χ4n) is 3.37. The number of nitrogens with one attached hydrogen (secondary N) is 1. The van der Waals surface area contributed by atoms with Gasteiger partial charge in [-0.15, -0.1) is 0 Å². The number of amides is 1. The van der Waals surface area contributed by atoms with Gasteiger partial charge in [-0.3, -0.25) is 4.79 Å². The molecule has 1 N–H and O–H groups in total. The van der Waals surface area contributed by atoms with Crippen molar-refractivity contribution < 1.29 is 14.3 Å². The Kier molecular flexibility index (Phi) is 4.09. The summed E-state index contributed by atoms with van der Waals surface area (Å²) < 4.78 is 11.5. The van der Waals surface area contributed by atoms with Crippen molar-refractivity contribution in [3.05, 3.63) is 40.2 Å². The quantitative estimate of drug-likeness (QED) is 0.843. The van der Waals surface area contributed by atoms with Crippen LogP contribution in [0.3, 0.4) is 0 Å². The molecular formula is C18H21N3O4. The first-order chi connectivity index (χ1) is 12.1. The Balaban J connectivity index is 1.50. The van der Waals surface area contributed by atoms with E-state index in [-0.39, 0.29) is 17.8 Å². The maximum Gasteiger partial charge on any atom is 0.410 e. The molecule has 0 radical (unpaired) electrons. The van der Waals surface area contributed by atoms with E-state index in [0.717, 1.165) is 35.3 Å². The van der Waals surface area contributed by atoms with Crippen LogP contribution in [0.2, 0.25) is 0 Å². The summed E-state index contributed by atoms with van der Waals surface area (Å²) in [4.78, 5) is 30.6. The zero-order valence-corrected chi connectivity index (χ0v) is 14.2. The summed E-state index contributed by atoms with van der Waals surface area (Å²) in [7, 11) is 2.05. The third kappa shape index (κ3) is 3.19. The van der Waals surface area contributed by atoms with Gasteiger partial charge in [-0.2, -0.15) is 0 Å². The van der Waals surface area contributed by atoms with E-state index in [4.69, 9.17) is 9.47 Å². The Morgan fingerprint density at radius 2 is 2.00 bits per heavy atom. The van der Waals surface area contributed by atoms with Gasteiger partial charge in [-0.1, -0.05) is 0 Å². The van der Waals surface area contributed by atoms with E-state index in [1.54, 1.807) is 11.0 Å². The summed E-state index contributed by atoms with van der Waals surface area (Å²) >= 11 is 0. The number of aromatic nitrogens is 1. The van der Waals surface area contributed by atoms with Crippen LogP contribution in [0.15, 0.2) is 29.1 Å². The summed E-state index contributed by atoms with van der Waals surface area (Å²) in [6, 6.07) is 6.99. The molecule has 0 aliphatic carbocycles. The van der Waals surface area contributed by atoms with Crippen molar-refractivity contribution in [2.45, 2.75) is 12.5 Å². The molecule has 3 heterocycles. The molecule has 0 saturated carbocycles. The van der Waals surface area contributed by atoms with E-state index in [1.807, 2.05) is 19.2 Å². The monoisotopic (exact) mass is 343 g/mol. The standard InChI is InChI=1S/C18H21N3O4/c1-20-6-8-21(9-7-20)18(23)25-12-10-14-13-2-5-17(22)19-15(13)3-4-16(14)24-11-12/h2-5,12H,6-11H2,1H3,(H,19,22). The summed E-state index contributed by atoms with van der Waals surface area (Å²) in [5.74, 6) is 0.784. The molecule has 1 saturated heterocycles. The summed E-state index contributed by atoms with van der Waals surface area (Å²) in [5.41, 5.74) is 1.60. The van der Waals surface area contributed by atoms with Gasteiger partial charge in [-0.25, -0.2) is 4.79 Å². The van der Waals surface area contributed by atoms with Crippen LogP contribution in [0, 0.1) is 0 Å². The molecular weight excluding hydrogens is 322 g/mol. The van der Waals surface area contributed by atoms with Crippen molar-refractivity contribution in [2.75, 3.05) is 39.8 Å². The average Bonchev–Trinajstić information content (AvgIpc) is 2.61. The zero-order valence-electron chi connectivity index (χ0n) is 14.2. The number of piperazine rings is 1. The summed E-state index contributed by atoms with van der Waals surface area (Å²) in [6.45, 7) is 3.43. The highest BCUT2D eigenvalue weighted by molar-refractivity contribution is 5.84. The van der Waals surface area contributed by atoms with Crippen LogP contribution in [0.25, 0.3) is 10.9 Å². The van der Waals surface area contributed by atoms with Gasteiger partial charge in [0.25, 0.3) is 0 Å². The Labute approximate surface area is 145 Å². The predicted molar refractivity (Wildman–Crippen MR) is 93.1 cm³/mol. The number of aromatic amines is 1. The number of hydrogen-bond acceptors (Lipinski definition) is 5. The Morgan fingerprint density at radius 1 is 1.20 bits per heavy atom. The van der Waals surface area contributed by atoms with Gasteiger partial charge in [0, 0.05) is 55.1 Å². The van der Waals surface area contributed by atoms with E-state index in [0.29, 0.717) is 26.1 Å². The number of H-pyrrole nitrogens is 1. The highest BCUT2D eigenvalue weighted by Gasteiger charge is 2.28. The molecule has 1 aromatic heterocycles. The number of carbonyl (C=O) groups excluding carboxylic acids is 1. The Hall–Kier alpha value is -2.54. The molecule has 2 aromatic rings. The van der Waals surface area contributed by atoms with E-state index in [2.05, 4.69) is 9.88 Å². The van der Waals surface area contributed by atoms with Crippen molar-refractivity contribution >= 4 is 17.0 Å². The van der Waals surface area contributed by atoms with Gasteiger partial charge in [0.15, 0.2) is 0 Å². The molecule has 2 aliphatic rings. The molecule has 1 amide bonds. The molecule has 4 rings (SSSR count). The maximum atomic E-state index is 12.4. The lowest BCUT2D eigenvalue weighted by molar-refractivity contribution is 0.0239. The third-order valence-corrected chi connectivity index (χ3v) is 4.86. The molecule has 1 fully saturated rings. The molecule has 1 aromatic carbocycles. The second-order valence-corrected chi connectivity index (χ2v) is 6.64. The fraction of sp³-hybridized carbons (Fsp3) is 0.444. The number of ether oxygens (including phenoxy) is 2. The molecule has 132 valence electrons. The number of likely N-dealkylation sites (N-methyl/N-ethyl adjacent to an activating group) is 1. The van der Waals surface area contributed by atoms with Gasteiger partial charge in [-0.05, 0) is 25.2 Å². The van der Waals surface area contributed by atoms with Crippen molar-refractivity contribution in [3.8, 4) is 5.75 Å². The first-order valence-corrected chi connectivity index (χ1v) is 8.52. The molecule has 1 atom stereocenters. The van der Waals surface area contributed by atoms with Gasteiger partial charge in [0.2, 0.25) is 5.56 Å². The highest BCUT2D eigenvalue weighted by Crippen LogP contribution is 2.31. The minimum absolute atomic E-state index is 0.137. The van der Waals surface area contributed by atoms with Crippen LogP contribution in [0.4, 0.5) is 4.79 Å². The molecule has 1 unspecified atom stereocenters. The predicted octanol–water partition coefficient (Wildman–Crippen LogP) is 1.22. The Morgan fingerprint density at radius 3 is 2.80 bits per heavy atom. The highest BCUT2D eigenvalue weighted by atomic mass is 16.6. The number of pyridine rings is 1. The van der Waals surface area contributed by atoms with Crippen LogP contribution in [-0.2, 0) is 11.2 Å². The van der Waals surface area contributed by atoms with Crippen LogP contribution in [0.5, 0.6) is 5.75 Å². The fourth-order valence-corrected chi connectivity index (χ4v) is 3.37. The lowest BCUT2D eigenvalue weighted by Gasteiger charge is -2.33. The average molecular weight is 343 g/mol. The Bertz CT molecular complexity index is 855.